The number of anilines is 3. The van der Waals surface area contributed by atoms with E-state index >= 15 is 0 Å². The summed E-state index contributed by atoms with van der Waals surface area (Å²) in [5, 5.41) is 15.4. The van der Waals surface area contributed by atoms with Crippen LogP contribution in [0.1, 0.15) is 40.2 Å². The number of imidazole rings is 1. The second kappa shape index (κ2) is 11.2. The van der Waals surface area contributed by atoms with Crippen molar-refractivity contribution >= 4 is 23.2 Å². The largest absolute Gasteiger partial charge is 0.416 e. The van der Waals surface area contributed by atoms with E-state index in [1.54, 1.807) is 48.9 Å². The van der Waals surface area contributed by atoms with Crippen molar-refractivity contribution in [1.82, 2.24) is 24.5 Å². The van der Waals surface area contributed by atoms with Crippen LogP contribution in [-0.2, 0) is 6.18 Å². The molecule has 208 valence electrons. The molecular weight excluding hydrogens is 535 g/mol. The first-order chi connectivity index (χ1) is 19.6. The Kier molecular flexibility index (Phi) is 7.49. The van der Waals surface area contributed by atoms with Crippen molar-refractivity contribution in [3.05, 3.63) is 108 Å². The molecule has 3 heterocycles. The number of pyridine rings is 1. The van der Waals surface area contributed by atoms with E-state index < -0.39 is 23.8 Å². The molecule has 0 aliphatic carbocycles. The molecule has 3 aromatic heterocycles. The third-order valence-corrected chi connectivity index (χ3v) is 6.19. The minimum Gasteiger partial charge on any atom is -0.387 e. The predicted octanol–water partition coefficient (Wildman–Crippen LogP) is 6.10. The molecule has 5 aromatic rings. The monoisotopic (exact) mass is 559 g/mol. The van der Waals surface area contributed by atoms with Crippen LogP contribution in [0.3, 0.4) is 0 Å². The fourth-order valence-corrected chi connectivity index (χ4v) is 4.01. The molecule has 2 aromatic carbocycles. The number of aliphatic hydroxyl groups is 1. The summed E-state index contributed by atoms with van der Waals surface area (Å²) in [4.78, 5) is 30.1. The summed E-state index contributed by atoms with van der Waals surface area (Å²) in [5.74, 6) is -0.315. The van der Waals surface area contributed by atoms with Crippen LogP contribution in [-0.4, -0.2) is 35.5 Å². The van der Waals surface area contributed by atoms with Crippen molar-refractivity contribution in [2.45, 2.75) is 26.1 Å². The average molecular weight is 560 g/mol. The lowest BCUT2D eigenvalue weighted by atomic mass is 10.1. The van der Waals surface area contributed by atoms with Crippen molar-refractivity contribution in [2.24, 2.45) is 0 Å². The van der Waals surface area contributed by atoms with Gasteiger partial charge in [0.2, 0.25) is 5.95 Å². The Morgan fingerprint density at radius 3 is 2.59 bits per heavy atom. The molecule has 0 bridgehead atoms. The number of alkyl halides is 3. The van der Waals surface area contributed by atoms with Crippen LogP contribution in [0.15, 0.2) is 85.7 Å². The van der Waals surface area contributed by atoms with E-state index in [1.165, 1.54) is 30.1 Å². The number of aliphatic hydroxyl groups excluding tert-OH is 1. The molecule has 0 saturated heterocycles. The standard InChI is InChI=1S/C29H24F3N7O2/c1-17-5-6-19(10-25(17)38-28-34-9-7-24(37-28)20-4-3-8-33-14-20)27(41)36-22-11-21(29(30,31)32)12-23(13-22)39-15-26(18(2)40)35-16-39/h3-16,18,40H,1-2H3,(H,36,41)(H,34,37,38)/t18-/m1/s1. The van der Waals surface area contributed by atoms with Gasteiger partial charge in [-0.15, -0.1) is 0 Å². The van der Waals surface area contributed by atoms with Crippen LogP contribution in [0.5, 0.6) is 0 Å². The molecular formula is C29H24F3N7O2. The van der Waals surface area contributed by atoms with Gasteiger partial charge in [-0.25, -0.2) is 15.0 Å². The van der Waals surface area contributed by atoms with Gasteiger partial charge < -0.3 is 20.3 Å². The van der Waals surface area contributed by atoms with Gasteiger partial charge in [0.15, 0.2) is 0 Å². The molecule has 0 aliphatic rings. The molecule has 0 saturated carbocycles. The predicted molar refractivity (Wildman–Crippen MR) is 147 cm³/mol. The number of halogens is 3. The van der Waals surface area contributed by atoms with E-state index in [0.717, 1.165) is 23.3 Å². The highest BCUT2D eigenvalue weighted by Gasteiger charge is 2.31. The highest BCUT2D eigenvalue weighted by atomic mass is 19.4. The van der Waals surface area contributed by atoms with Gasteiger partial charge in [-0.3, -0.25) is 9.78 Å². The number of rotatable bonds is 7. The van der Waals surface area contributed by atoms with E-state index in [9.17, 15) is 23.1 Å². The zero-order valence-electron chi connectivity index (χ0n) is 21.9. The van der Waals surface area contributed by atoms with E-state index in [-0.39, 0.29) is 16.9 Å². The molecule has 3 N–H and O–H groups in total. The Labute approximate surface area is 232 Å². The third-order valence-electron chi connectivity index (χ3n) is 6.19. The van der Waals surface area contributed by atoms with Crippen LogP contribution >= 0.6 is 0 Å². The molecule has 0 unspecified atom stereocenters. The van der Waals surface area contributed by atoms with E-state index in [4.69, 9.17) is 0 Å². The molecule has 0 aliphatic heterocycles. The van der Waals surface area contributed by atoms with Gasteiger partial charge in [0, 0.05) is 53.0 Å². The summed E-state index contributed by atoms with van der Waals surface area (Å²) in [7, 11) is 0. The number of aromatic nitrogens is 5. The van der Waals surface area contributed by atoms with Gasteiger partial charge in [0.1, 0.15) is 0 Å². The molecule has 0 radical (unpaired) electrons. The van der Waals surface area contributed by atoms with Gasteiger partial charge in [-0.2, -0.15) is 13.2 Å². The Bertz CT molecular complexity index is 1700. The first-order valence-electron chi connectivity index (χ1n) is 12.4. The molecule has 41 heavy (non-hydrogen) atoms. The minimum absolute atomic E-state index is 0.0605. The zero-order valence-corrected chi connectivity index (χ0v) is 21.9. The topological polar surface area (TPSA) is 118 Å². The van der Waals surface area contributed by atoms with Crippen molar-refractivity contribution < 1.29 is 23.1 Å². The first kappa shape index (κ1) is 27.5. The van der Waals surface area contributed by atoms with Crippen molar-refractivity contribution in [3.63, 3.8) is 0 Å². The number of benzene rings is 2. The Balaban J connectivity index is 1.41. The van der Waals surface area contributed by atoms with Crippen molar-refractivity contribution in [2.75, 3.05) is 10.6 Å². The Morgan fingerprint density at radius 1 is 1.05 bits per heavy atom. The van der Waals surface area contributed by atoms with Crippen LogP contribution in [0.4, 0.5) is 30.5 Å². The van der Waals surface area contributed by atoms with Gasteiger partial charge in [-0.05, 0) is 67.9 Å². The number of carbonyl (C=O) groups excluding carboxylic acids is 1. The minimum atomic E-state index is -4.66. The quantitative estimate of drug-likeness (QED) is 0.221. The van der Waals surface area contributed by atoms with E-state index in [0.29, 0.717) is 23.0 Å². The third kappa shape index (κ3) is 6.39. The van der Waals surface area contributed by atoms with Gasteiger partial charge in [0.05, 0.1) is 29.4 Å². The van der Waals surface area contributed by atoms with Gasteiger partial charge >= 0.3 is 6.18 Å². The number of amides is 1. The first-order valence-corrected chi connectivity index (χ1v) is 12.4. The summed E-state index contributed by atoms with van der Waals surface area (Å²) in [5.41, 5.74) is 2.42. The van der Waals surface area contributed by atoms with Crippen LogP contribution in [0.2, 0.25) is 0 Å². The van der Waals surface area contributed by atoms with Crippen molar-refractivity contribution in [1.29, 1.82) is 0 Å². The summed E-state index contributed by atoms with van der Waals surface area (Å²) < 4.78 is 42.4. The van der Waals surface area contributed by atoms with Crippen LogP contribution in [0.25, 0.3) is 16.9 Å². The maximum absolute atomic E-state index is 13.7. The summed E-state index contributed by atoms with van der Waals surface area (Å²) in [6.45, 7) is 3.33. The molecule has 0 spiro atoms. The second-order valence-electron chi connectivity index (χ2n) is 9.26. The maximum Gasteiger partial charge on any atom is 0.416 e. The Morgan fingerprint density at radius 2 is 1.88 bits per heavy atom. The molecule has 0 fully saturated rings. The summed E-state index contributed by atoms with van der Waals surface area (Å²) >= 11 is 0. The van der Waals surface area contributed by atoms with Gasteiger partial charge in [0.25, 0.3) is 5.91 Å². The number of aryl methyl sites for hydroxylation is 1. The van der Waals surface area contributed by atoms with Gasteiger partial charge in [-0.1, -0.05) is 6.07 Å². The summed E-state index contributed by atoms with van der Waals surface area (Å²) in [6.07, 6.45) is 2.11. The van der Waals surface area contributed by atoms with Crippen LogP contribution < -0.4 is 10.6 Å². The SMILES string of the molecule is Cc1ccc(C(=O)Nc2cc(-n3cnc([C@@H](C)O)c3)cc(C(F)(F)F)c2)cc1Nc1nccc(-c2cccnc2)n1. The molecule has 1 amide bonds. The van der Waals surface area contributed by atoms with E-state index in [1.807, 2.05) is 13.0 Å². The number of nitrogens with zero attached hydrogens (tertiary/aromatic N) is 5. The molecule has 9 nitrogen and oxygen atoms in total. The highest BCUT2D eigenvalue weighted by Crippen LogP contribution is 2.33. The smallest absolute Gasteiger partial charge is 0.387 e. The molecule has 5 rings (SSSR count). The lowest BCUT2D eigenvalue weighted by Crippen LogP contribution is -2.14. The Hall–Kier alpha value is -5.10. The zero-order chi connectivity index (χ0) is 29.1. The number of nitrogens with one attached hydrogen (secondary N) is 2. The van der Waals surface area contributed by atoms with Crippen molar-refractivity contribution in [3.8, 4) is 16.9 Å². The normalized spacial score (nSPS) is 12.1. The van der Waals surface area contributed by atoms with Crippen LogP contribution in [0, 0.1) is 6.92 Å². The lowest BCUT2D eigenvalue weighted by Gasteiger charge is -2.14. The highest BCUT2D eigenvalue weighted by molar-refractivity contribution is 6.05. The average Bonchev–Trinajstić information content (AvgIpc) is 3.45. The molecule has 12 heteroatoms. The summed E-state index contributed by atoms with van der Waals surface area (Å²) in [6, 6.07) is 13.5. The molecule has 1 atom stereocenters. The number of carbonyl (C=O) groups is 1. The van der Waals surface area contributed by atoms with E-state index in [2.05, 4.69) is 30.6 Å². The maximum atomic E-state index is 13.7. The fraction of sp³-hybridized carbons (Fsp3) is 0.138. The number of hydrogen-bond donors (Lipinski definition) is 3. The lowest BCUT2D eigenvalue weighted by molar-refractivity contribution is -0.137. The number of hydrogen-bond acceptors (Lipinski definition) is 7. The second-order valence-corrected chi connectivity index (χ2v) is 9.26. The fourth-order valence-electron chi connectivity index (χ4n) is 4.01.